The van der Waals surface area contributed by atoms with E-state index in [9.17, 15) is 14.7 Å². The molecule has 1 aromatic carbocycles. The van der Waals surface area contributed by atoms with Gasteiger partial charge in [-0.3, -0.25) is 9.69 Å². The van der Waals surface area contributed by atoms with Crippen molar-refractivity contribution in [1.29, 1.82) is 0 Å². The van der Waals surface area contributed by atoms with Crippen molar-refractivity contribution in [2.75, 3.05) is 52.5 Å². The van der Waals surface area contributed by atoms with Gasteiger partial charge in [0.25, 0.3) is 5.91 Å². The molecule has 2 fully saturated rings. The highest BCUT2D eigenvalue weighted by atomic mass is 16.5. The Bertz CT molecular complexity index is 736. The van der Waals surface area contributed by atoms with E-state index in [4.69, 9.17) is 9.47 Å². The zero-order chi connectivity index (χ0) is 22.9. The van der Waals surface area contributed by atoms with Gasteiger partial charge in [-0.1, -0.05) is 0 Å². The molecule has 0 bridgehead atoms. The summed E-state index contributed by atoms with van der Waals surface area (Å²) in [6, 6.07) is 6.31. The van der Waals surface area contributed by atoms with E-state index in [1.54, 1.807) is 29.2 Å². The highest BCUT2D eigenvalue weighted by Gasteiger charge is 2.29. The molecule has 2 atom stereocenters. The number of urea groups is 1. The minimum absolute atomic E-state index is 0.0262. The van der Waals surface area contributed by atoms with Gasteiger partial charge in [0.15, 0.2) is 0 Å². The Balaban J connectivity index is 1.50. The number of aliphatic hydroxyl groups excluding tert-OH is 1. The summed E-state index contributed by atoms with van der Waals surface area (Å²) in [5, 5.41) is 16.2. The number of ether oxygens (including phenoxy) is 2. The predicted octanol–water partition coefficient (Wildman–Crippen LogP) is 1.07. The number of nitrogens with one attached hydrogen (secondary N) is 2. The van der Waals surface area contributed by atoms with Crippen LogP contribution in [0.5, 0.6) is 5.75 Å². The van der Waals surface area contributed by atoms with E-state index in [1.807, 2.05) is 13.8 Å². The maximum absolute atomic E-state index is 12.8. The van der Waals surface area contributed by atoms with Crippen LogP contribution in [-0.2, 0) is 4.74 Å². The third kappa shape index (κ3) is 7.36. The van der Waals surface area contributed by atoms with Gasteiger partial charge in [-0.15, -0.1) is 0 Å². The van der Waals surface area contributed by atoms with E-state index in [-0.39, 0.29) is 24.5 Å². The molecule has 0 saturated carbocycles. The molecule has 0 aromatic heterocycles. The van der Waals surface area contributed by atoms with Crippen LogP contribution in [0, 0.1) is 0 Å². The van der Waals surface area contributed by atoms with Crippen molar-refractivity contribution in [3.63, 3.8) is 0 Å². The number of nitrogens with zero attached hydrogens (tertiary/aromatic N) is 2. The Morgan fingerprint density at radius 3 is 2.59 bits per heavy atom. The van der Waals surface area contributed by atoms with Gasteiger partial charge in [0.2, 0.25) is 0 Å². The number of rotatable bonds is 7. The van der Waals surface area contributed by atoms with Crippen molar-refractivity contribution in [2.45, 2.75) is 44.9 Å². The van der Waals surface area contributed by atoms with E-state index < -0.39 is 12.1 Å². The number of amides is 3. The largest absolute Gasteiger partial charge is 0.492 e. The number of carbonyl (C=O) groups excluding carboxylic acids is 2. The summed E-state index contributed by atoms with van der Waals surface area (Å²) in [5.41, 5.74) is 0.486. The fourth-order valence-corrected chi connectivity index (χ4v) is 3.88. The van der Waals surface area contributed by atoms with Gasteiger partial charge < -0.3 is 30.1 Å². The van der Waals surface area contributed by atoms with Gasteiger partial charge in [0.1, 0.15) is 12.4 Å². The highest BCUT2D eigenvalue weighted by molar-refractivity contribution is 5.94. The molecule has 2 aliphatic heterocycles. The molecule has 2 saturated heterocycles. The molecule has 178 valence electrons. The van der Waals surface area contributed by atoms with Crippen LogP contribution < -0.4 is 15.4 Å². The summed E-state index contributed by atoms with van der Waals surface area (Å²) in [5.74, 6) is 0.431. The Hall–Kier alpha value is -2.36. The summed E-state index contributed by atoms with van der Waals surface area (Å²) < 4.78 is 11.1. The third-order valence-corrected chi connectivity index (χ3v) is 5.72. The van der Waals surface area contributed by atoms with Gasteiger partial charge in [-0.05, 0) is 51.0 Å². The number of likely N-dealkylation sites (tertiary alicyclic amines) is 1. The first-order chi connectivity index (χ1) is 15.4. The van der Waals surface area contributed by atoms with Crippen LogP contribution in [-0.4, -0.2) is 97.6 Å². The first kappa shape index (κ1) is 24.3. The monoisotopic (exact) mass is 448 g/mol. The van der Waals surface area contributed by atoms with E-state index in [0.29, 0.717) is 37.3 Å². The lowest BCUT2D eigenvalue weighted by Gasteiger charge is -2.28. The first-order valence-corrected chi connectivity index (χ1v) is 11.5. The number of aliphatic hydroxyl groups is 1. The number of benzene rings is 1. The van der Waals surface area contributed by atoms with E-state index in [0.717, 1.165) is 32.8 Å². The third-order valence-electron chi connectivity index (χ3n) is 5.72. The predicted molar refractivity (Wildman–Crippen MR) is 121 cm³/mol. The molecule has 0 spiro atoms. The molecule has 9 heteroatoms. The SMILES string of the molecule is CC(C)NC(=O)N1CCC[C@@H](O)[C@H](NC(=O)c2ccc(OCCN3CCOCC3)cc2)C1. The van der Waals surface area contributed by atoms with Crippen molar-refractivity contribution >= 4 is 11.9 Å². The Kier molecular flexibility index (Phi) is 9.13. The lowest BCUT2D eigenvalue weighted by atomic mass is 10.1. The van der Waals surface area contributed by atoms with Crippen LogP contribution >= 0.6 is 0 Å². The molecule has 2 aliphatic rings. The summed E-state index contributed by atoms with van der Waals surface area (Å²) in [7, 11) is 0. The molecule has 0 radical (unpaired) electrons. The number of hydrogen-bond donors (Lipinski definition) is 3. The lowest BCUT2D eigenvalue weighted by Crippen LogP contribution is -2.52. The minimum Gasteiger partial charge on any atom is -0.492 e. The zero-order valence-electron chi connectivity index (χ0n) is 19.1. The van der Waals surface area contributed by atoms with E-state index in [1.165, 1.54) is 0 Å². The molecule has 3 N–H and O–H groups in total. The Labute approximate surface area is 190 Å². The molecule has 3 rings (SSSR count). The second kappa shape index (κ2) is 12.0. The fraction of sp³-hybridized carbons (Fsp3) is 0.652. The van der Waals surface area contributed by atoms with Gasteiger partial charge >= 0.3 is 6.03 Å². The van der Waals surface area contributed by atoms with Gasteiger partial charge in [0.05, 0.1) is 25.4 Å². The van der Waals surface area contributed by atoms with Gasteiger partial charge in [-0.25, -0.2) is 4.79 Å². The quantitative estimate of drug-likeness (QED) is 0.577. The molecule has 32 heavy (non-hydrogen) atoms. The summed E-state index contributed by atoms with van der Waals surface area (Å²) in [6.45, 7) is 9.42. The lowest BCUT2D eigenvalue weighted by molar-refractivity contribution is 0.0322. The molecule has 3 amide bonds. The molecular weight excluding hydrogens is 412 g/mol. The topological polar surface area (TPSA) is 103 Å². The maximum Gasteiger partial charge on any atom is 0.317 e. The van der Waals surface area contributed by atoms with Crippen LogP contribution in [0.25, 0.3) is 0 Å². The van der Waals surface area contributed by atoms with Crippen LogP contribution in [0.1, 0.15) is 37.0 Å². The van der Waals surface area contributed by atoms with E-state index >= 15 is 0 Å². The number of carbonyl (C=O) groups is 2. The normalized spacial score (nSPS) is 22.3. The second-order valence-corrected chi connectivity index (χ2v) is 8.67. The van der Waals surface area contributed by atoms with Crippen molar-refractivity contribution in [1.82, 2.24) is 20.4 Å². The van der Waals surface area contributed by atoms with Gasteiger partial charge in [0, 0.05) is 44.3 Å². The van der Waals surface area contributed by atoms with E-state index in [2.05, 4.69) is 15.5 Å². The van der Waals surface area contributed by atoms with Crippen LogP contribution in [0.2, 0.25) is 0 Å². The summed E-state index contributed by atoms with van der Waals surface area (Å²) in [4.78, 5) is 29.1. The number of morpholine rings is 1. The van der Waals surface area contributed by atoms with Crippen LogP contribution in [0.15, 0.2) is 24.3 Å². The maximum atomic E-state index is 12.8. The molecule has 1 aromatic rings. The molecular formula is C23H36N4O5. The second-order valence-electron chi connectivity index (χ2n) is 8.67. The van der Waals surface area contributed by atoms with Crippen LogP contribution in [0.3, 0.4) is 0 Å². The van der Waals surface area contributed by atoms with Crippen LogP contribution in [0.4, 0.5) is 4.79 Å². The highest BCUT2D eigenvalue weighted by Crippen LogP contribution is 2.15. The molecule has 0 aliphatic carbocycles. The first-order valence-electron chi connectivity index (χ1n) is 11.5. The Morgan fingerprint density at radius 2 is 1.91 bits per heavy atom. The molecule has 0 unspecified atom stereocenters. The minimum atomic E-state index is -0.696. The standard InChI is InChI=1S/C23H36N4O5/c1-17(2)24-23(30)27-9-3-4-21(28)20(16-27)25-22(29)18-5-7-19(8-6-18)32-15-12-26-10-13-31-14-11-26/h5-8,17,20-21,28H,3-4,9-16H2,1-2H3,(H,24,30)(H,25,29)/t20-,21-/m1/s1. The average Bonchev–Trinajstić information content (AvgIpc) is 2.96. The van der Waals surface area contributed by atoms with Crippen molar-refractivity contribution in [3.05, 3.63) is 29.8 Å². The average molecular weight is 449 g/mol. The van der Waals surface area contributed by atoms with Crippen molar-refractivity contribution < 1.29 is 24.2 Å². The summed E-state index contributed by atoms with van der Waals surface area (Å²) >= 11 is 0. The van der Waals surface area contributed by atoms with Crippen molar-refractivity contribution in [3.8, 4) is 5.75 Å². The van der Waals surface area contributed by atoms with Gasteiger partial charge in [-0.2, -0.15) is 0 Å². The zero-order valence-corrected chi connectivity index (χ0v) is 19.1. The van der Waals surface area contributed by atoms with Crippen molar-refractivity contribution in [2.24, 2.45) is 0 Å². The Morgan fingerprint density at radius 1 is 1.19 bits per heavy atom. The number of hydrogen-bond acceptors (Lipinski definition) is 6. The molecule has 9 nitrogen and oxygen atoms in total. The molecule has 2 heterocycles. The fourth-order valence-electron chi connectivity index (χ4n) is 3.88. The summed E-state index contributed by atoms with van der Waals surface area (Å²) in [6.07, 6.45) is 0.528. The smallest absolute Gasteiger partial charge is 0.317 e.